The number of ether oxygens (including phenoxy) is 9. The maximum absolute atomic E-state index is 11.4. The Morgan fingerprint density at radius 3 is 1.09 bits per heavy atom. The smallest absolute Gasteiger partial charge is 0.305 e. The minimum atomic E-state index is -0.312. The third-order valence-corrected chi connectivity index (χ3v) is 4.24. The molecule has 0 aliphatic carbocycles. The molecule has 0 atom stereocenters. The number of hydrogen-bond donors (Lipinski definition) is 0. The number of unbranched alkanes of at least 4 members (excludes halogenated alkanes) is 2. The van der Waals surface area contributed by atoms with E-state index in [0.29, 0.717) is 98.9 Å². The fraction of sp³-hybridized carbons (Fsp3) is 0.917. The van der Waals surface area contributed by atoms with Gasteiger partial charge in [-0.3, -0.25) is 9.59 Å². The molecule has 0 aliphatic heterocycles. The molecule has 11 heteroatoms. The first-order valence-corrected chi connectivity index (χ1v) is 12.5. The summed E-state index contributed by atoms with van der Waals surface area (Å²) in [6.07, 6.45) is 3.49. The molecule has 0 radical (unpaired) electrons. The highest BCUT2D eigenvalue weighted by Gasteiger charge is 2.01. The number of carbonyl (C=O) groups excluding carboxylic acids is 2. The summed E-state index contributed by atoms with van der Waals surface area (Å²) in [6, 6.07) is 0. The molecule has 0 bridgehead atoms. The van der Waals surface area contributed by atoms with E-state index in [-0.39, 0.29) is 25.2 Å². The summed E-state index contributed by atoms with van der Waals surface area (Å²) in [5.74, 6) is -0.473. The minimum absolute atomic E-state index is 0.161. The number of rotatable bonds is 28. The van der Waals surface area contributed by atoms with Crippen molar-refractivity contribution in [2.45, 2.75) is 39.5 Å². The summed E-state index contributed by atoms with van der Waals surface area (Å²) >= 11 is 0. The minimum Gasteiger partial charge on any atom is -0.463 e. The zero-order valence-corrected chi connectivity index (χ0v) is 21.6. The molecule has 11 nitrogen and oxygen atoms in total. The highest BCUT2D eigenvalue weighted by Crippen LogP contribution is 2.00. The lowest BCUT2D eigenvalue weighted by atomic mass is 10.2. The van der Waals surface area contributed by atoms with Crippen molar-refractivity contribution in [3.05, 3.63) is 0 Å². The van der Waals surface area contributed by atoms with Gasteiger partial charge in [-0.05, 0) is 6.42 Å². The standard InChI is InChI=1S/C24H46O11/c1-3-4-5-6-24(26)35-22-20-33-18-16-31-14-12-29-10-8-27-7-9-28-11-13-30-15-17-32-19-21-34-23(2)25/h3-22H2,1-2H3. The molecular weight excluding hydrogens is 464 g/mol. The highest BCUT2D eigenvalue weighted by atomic mass is 16.6. The van der Waals surface area contributed by atoms with Crippen LogP contribution >= 0.6 is 0 Å². The fourth-order valence-corrected chi connectivity index (χ4v) is 2.47. The van der Waals surface area contributed by atoms with Gasteiger partial charge in [-0.25, -0.2) is 0 Å². The van der Waals surface area contributed by atoms with Gasteiger partial charge in [0.15, 0.2) is 0 Å². The van der Waals surface area contributed by atoms with Crippen LogP contribution in [0.4, 0.5) is 0 Å². The zero-order valence-electron chi connectivity index (χ0n) is 21.6. The summed E-state index contributed by atoms with van der Waals surface area (Å²) in [5, 5.41) is 0. The molecule has 0 saturated heterocycles. The monoisotopic (exact) mass is 510 g/mol. The average molecular weight is 511 g/mol. The van der Waals surface area contributed by atoms with E-state index in [1.54, 1.807) is 0 Å². The summed E-state index contributed by atoms with van der Waals surface area (Å²) in [6.45, 7) is 10.5. The van der Waals surface area contributed by atoms with Crippen molar-refractivity contribution in [1.29, 1.82) is 0 Å². The quantitative estimate of drug-likeness (QED) is 0.113. The molecule has 0 unspecified atom stereocenters. The van der Waals surface area contributed by atoms with E-state index in [1.165, 1.54) is 6.92 Å². The topological polar surface area (TPSA) is 117 Å². The Morgan fingerprint density at radius 2 is 0.771 bits per heavy atom. The second-order valence-electron chi connectivity index (χ2n) is 7.30. The summed E-state index contributed by atoms with van der Waals surface area (Å²) in [5.41, 5.74) is 0. The Morgan fingerprint density at radius 1 is 0.457 bits per heavy atom. The lowest BCUT2D eigenvalue weighted by Crippen LogP contribution is -2.15. The molecule has 0 N–H and O–H groups in total. The Balaban J connectivity index is 3.07. The van der Waals surface area contributed by atoms with Crippen LogP contribution in [0.2, 0.25) is 0 Å². The Kier molecular flexibility index (Phi) is 27.8. The van der Waals surface area contributed by atoms with E-state index in [1.807, 2.05) is 0 Å². The van der Waals surface area contributed by atoms with Gasteiger partial charge in [0, 0.05) is 13.3 Å². The van der Waals surface area contributed by atoms with E-state index < -0.39 is 0 Å². The van der Waals surface area contributed by atoms with E-state index in [2.05, 4.69) is 6.92 Å². The Labute approximate surface area is 209 Å². The van der Waals surface area contributed by atoms with E-state index >= 15 is 0 Å². The SMILES string of the molecule is CCCCCC(=O)OCCOCCOCCOCCOCCOCCOCCOCCOC(C)=O. The molecule has 0 rings (SSSR count). The zero-order chi connectivity index (χ0) is 25.7. The van der Waals surface area contributed by atoms with Crippen molar-refractivity contribution >= 4 is 11.9 Å². The second kappa shape index (κ2) is 28.9. The van der Waals surface area contributed by atoms with Crippen LogP contribution in [0.25, 0.3) is 0 Å². The predicted octanol–water partition coefficient (Wildman–Crippen LogP) is 1.79. The number of hydrogen-bond acceptors (Lipinski definition) is 11. The van der Waals surface area contributed by atoms with Crippen molar-refractivity contribution in [2.75, 3.05) is 106 Å². The first-order valence-electron chi connectivity index (χ1n) is 12.5. The summed E-state index contributed by atoms with van der Waals surface area (Å²) in [4.78, 5) is 22.0. The van der Waals surface area contributed by atoms with Crippen LogP contribution in [0.15, 0.2) is 0 Å². The molecule has 0 aromatic heterocycles. The number of esters is 2. The van der Waals surface area contributed by atoms with Crippen molar-refractivity contribution in [2.24, 2.45) is 0 Å². The van der Waals surface area contributed by atoms with Gasteiger partial charge in [-0.2, -0.15) is 0 Å². The molecule has 0 aliphatic rings. The highest BCUT2D eigenvalue weighted by molar-refractivity contribution is 5.69. The molecule has 0 aromatic carbocycles. The van der Waals surface area contributed by atoms with Crippen molar-refractivity contribution in [1.82, 2.24) is 0 Å². The molecule has 0 fully saturated rings. The van der Waals surface area contributed by atoms with Crippen molar-refractivity contribution in [3.63, 3.8) is 0 Å². The molecule has 0 spiro atoms. The van der Waals surface area contributed by atoms with Gasteiger partial charge < -0.3 is 42.6 Å². The van der Waals surface area contributed by atoms with Gasteiger partial charge in [-0.1, -0.05) is 19.8 Å². The maximum atomic E-state index is 11.4. The lowest BCUT2D eigenvalue weighted by Gasteiger charge is -2.09. The Hall–Kier alpha value is -1.34. The van der Waals surface area contributed by atoms with Crippen LogP contribution < -0.4 is 0 Å². The van der Waals surface area contributed by atoms with Gasteiger partial charge in [0.25, 0.3) is 0 Å². The van der Waals surface area contributed by atoms with Crippen LogP contribution in [-0.4, -0.2) is 118 Å². The molecular formula is C24H46O11. The van der Waals surface area contributed by atoms with E-state index in [9.17, 15) is 9.59 Å². The molecule has 208 valence electrons. The van der Waals surface area contributed by atoms with Crippen LogP contribution in [0, 0.1) is 0 Å². The van der Waals surface area contributed by atoms with Gasteiger partial charge in [0.05, 0.1) is 92.5 Å². The normalized spacial score (nSPS) is 11.0. The molecule has 0 saturated carbocycles. The van der Waals surface area contributed by atoms with Gasteiger partial charge in [0.2, 0.25) is 0 Å². The second-order valence-corrected chi connectivity index (χ2v) is 7.30. The first kappa shape index (κ1) is 33.7. The molecule has 0 amide bonds. The van der Waals surface area contributed by atoms with Crippen LogP contribution in [0.5, 0.6) is 0 Å². The third kappa shape index (κ3) is 30.6. The van der Waals surface area contributed by atoms with Gasteiger partial charge in [0.1, 0.15) is 13.2 Å². The van der Waals surface area contributed by atoms with E-state index in [4.69, 9.17) is 42.6 Å². The van der Waals surface area contributed by atoms with Crippen molar-refractivity contribution < 1.29 is 52.2 Å². The molecule has 0 heterocycles. The van der Waals surface area contributed by atoms with Crippen molar-refractivity contribution in [3.8, 4) is 0 Å². The fourth-order valence-electron chi connectivity index (χ4n) is 2.47. The van der Waals surface area contributed by atoms with Gasteiger partial charge >= 0.3 is 11.9 Å². The Bertz CT molecular complexity index is 463. The molecule has 35 heavy (non-hydrogen) atoms. The summed E-state index contributed by atoms with van der Waals surface area (Å²) in [7, 11) is 0. The molecule has 0 aromatic rings. The predicted molar refractivity (Wildman–Crippen MR) is 127 cm³/mol. The summed E-state index contributed by atoms with van der Waals surface area (Å²) < 4.78 is 47.4. The van der Waals surface area contributed by atoms with Crippen LogP contribution in [-0.2, 0) is 52.2 Å². The first-order chi connectivity index (χ1) is 17.2. The average Bonchev–Trinajstić information content (AvgIpc) is 2.84. The lowest BCUT2D eigenvalue weighted by molar-refractivity contribution is -0.145. The maximum Gasteiger partial charge on any atom is 0.305 e. The van der Waals surface area contributed by atoms with Crippen LogP contribution in [0.1, 0.15) is 39.5 Å². The van der Waals surface area contributed by atoms with E-state index in [0.717, 1.165) is 19.3 Å². The van der Waals surface area contributed by atoms with Crippen LogP contribution in [0.3, 0.4) is 0 Å². The largest absolute Gasteiger partial charge is 0.463 e. The van der Waals surface area contributed by atoms with Gasteiger partial charge in [-0.15, -0.1) is 0 Å². The number of carbonyl (C=O) groups is 2. The third-order valence-electron chi connectivity index (χ3n) is 4.24.